The highest BCUT2D eigenvalue weighted by molar-refractivity contribution is 9.10. The normalized spacial score (nSPS) is 11.5. The van der Waals surface area contributed by atoms with Gasteiger partial charge in [0.2, 0.25) is 0 Å². The zero-order valence-electron chi connectivity index (χ0n) is 15.3. The van der Waals surface area contributed by atoms with Gasteiger partial charge in [-0.1, -0.05) is 52.3 Å². The molecule has 0 aliphatic carbocycles. The van der Waals surface area contributed by atoms with E-state index in [1.807, 2.05) is 0 Å². The van der Waals surface area contributed by atoms with E-state index in [-0.39, 0.29) is 0 Å². The lowest BCUT2D eigenvalue weighted by molar-refractivity contribution is 1.07. The molecule has 0 radical (unpaired) electrons. The van der Waals surface area contributed by atoms with E-state index >= 15 is 0 Å². The van der Waals surface area contributed by atoms with Crippen molar-refractivity contribution in [3.63, 3.8) is 0 Å². The molecule has 5 aromatic rings. The number of hydrogen-bond donors (Lipinski definition) is 0. The summed E-state index contributed by atoms with van der Waals surface area (Å²) in [7, 11) is 0. The molecule has 0 saturated heterocycles. The number of fused-ring (bicyclic) bond motifs is 2. The first kappa shape index (κ1) is 16.4. The number of benzene rings is 3. The highest BCUT2D eigenvalue weighted by atomic mass is 79.9. The van der Waals surface area contributed by atoms with Crippen molar-refractivity contribution in [1.29, 1.82) is 0 Å². The molecule has 0 aliphatic rings. The fourth-order valence-corrected chi connectivity index (χ4v) is 4.43. The van der Waals surface area contributed by atoms with Gasteiger partial charge in [0.1, 0.15) is 0 Å². The first-order chi connectivity index (χ1) is 13.1. The number of hydrogen-bond acceptors (Lipinski definition) is 0. The number of rotatable bonds is 2. The van der Waals surface area contributed by atoms with E-state index < -0.39 is 0 Å². The van der Waals surface area contributed by atoms with Crippen molar-refractivity contribution in [2.24, 2.45) is 0 Å². The molecule has 0 saturated carbocycles. The van der Waals surface area contributed by atoms with Crippen LogP contribution < -0.4 is 0 Å². The SMILES string of the molecule is Cc1cn(-c2cc(Br)cc(-n3cc(C)c4ccccc43)c2)c2ccccc12. The van der Waals surface area contributed by atoms with Crippen LogP contribution in [0.3, 0.4) is 0 Å². The van der Waals surface area contributed by atoms with Gasteiger partial charge < -0.3 is 9.13 Å². The predicted molar refractivity (Wildman–Crippen MR) is 117 cm³/mol. The molecule has 2 heterocycles. The first-order valence-electron chi connectivity index (χ1n) is 9.06. The number of aromatic nitrogens is 2. The van der Waals surface area contributed by atoms with Crippen molar-refractivity contribution in [2.75, 3.05) is 0 Å². The monoisotopic (exact) mass is 414 g/mol. The maximum Gasteiger partial charge on any atom is 0.0531 e. The average Bonchev–Trinajstić information content (AvgIpc) is 3.20. The third-order valence-corrected chi connectivity index (χ3v) is 5.70. The summed E-state index contributed by atoms with van der Waals surface area (Å²) in [5.41, 5.74) is 7.34. The topological polar surface area (TPSA) is 9.86 Å². The maximum atomic E-state index is 3.72. The maximum absolute atomic E-state index is 3.72. The smallest absolute Gasteiger partial charge is 0.0531 e. The van der Waals surface area contributed by atoms with Crippen LogP contribution in [0.25, 0.3) is 33.2 Å². The molecule has 0 amide bonds. The van der Waals surface area contributed by atoms with Gasteiger partial charge in [0.15, 0.2) is 0 Å². The summed E-state index contributed by atoms with van der Waals surface area (Å²) >= 11 is 3.72. The van der Waals surface area contributed by atoms with Crippen molar-refractivity contribution >= 4 is 37.7 Å². The standard InChI is InChI=1S/C24H19BrN2/c1-16-14-26(23-9-5-3-7-21(16)23)19-11-18(25)12-20(13-19)27-15-17(2)22-8-4-6-10-24(22)27/h3-15H,1-2H3. The van der Waals surface area contributed by atoms with Crippen LogP contribution in [0.15, 0.2) is 83.6 Å². The second kappa shape index (κ2) is 6.14. The van der Waals surface area contributed by atoms with Crippen molar-refractivity contribution in [1.82, 2.24) is 9.13 Å². The highest BCUT2D eigenvalue weighted by Crippen LogP contribution is 2.30. The predicted octanol–water partition coefficient (Wildman–Crippen LogP) is 6.95. The Morgan fingerprint density at radius 1 is 0.630 bits per heavy atom. The molecule has 132 valence electrons. The molecule has 0 N–H and O–H groups in total. The number of para-hydroxylation sites is 2. The van der Waals surface area contributed by atoms with Crippen LogP contribution in [-0.4, -0.2) is 9.13 Å². The molecular formula is C24H19BrN2. The molecule has 0 aliphatic heterocycles. The van der Waals surface area contributed by atoms with Crippen LogP contribution in [0.2, 0.25) is 0 Å². The molecule has 5 rings (SSSR count). The van der Waals surface area contributed by atoms with Crippen LogP contribution in [0, 0.1) is 13.8 Å². The summed E-state index contributed by atoms with van der Waals surface area (Å²) in [5, 5.41) is 2.59. The second-order valence-corrected chi connectivity index (χ2v) is 7.98. The molecule has 0 unspecified atom stereocenters. The first-order valence-corrected chi connectivity index (χ1v) is 9.86. The Hall–Kier alpha value is -2.78. The van der Waals surface area contributed by atoms with Crippen molar-refractivity contribution in [2.45, 2.75) is 13.8 Å². The molecule has 27 heavy (non-hydrogen) atoms. The van der Waals surface area contributed by atoms with Gasteiger partial charge in [0.05, 0.1) is 11.0 Å². The van der Waals surface area contributed by atoms with E-state index in [0.717, 1.165) is 15.8 Å². The van der Waals surface area contributed by atoms with Gasteiger partial charge in [0.25, 0.3) is 0 Å². The third-order valence-electron chi connectivity index (χ3n) is 5.25. The Morgan fingerprint density at radius 3 is 1.56 bits per heavy atom. The fraction of sp³-hybridized carbons (Fsp3) is 0.0833. The van der Waals surface area contributed by atoms with Crippen molar-refractivity contribution < 1.29 is 0 Å². The van der Waals surface area contributed by atoms with Crippen LogP contribution in [0.4, 0.5) is 0 Å². The van der Waals surface area contributed by atoms with Crippen molar-refractivity contribution in [3.05, 3.63) is 94.7 Å². The van der Waals surface area contributed by atoms with Crippen LogP contribution in [0.1, 0.15) is 11.1 Å². The Labute approximate surface area is 166 Å². The molecule has 0 fully saturated rings. The number of nitrogens with zero attached hydrogens (tertiary/aromatic N) is 2. The zero-order valence-corrected chi connectivity index (χ0v) is 16.9. The second-order valence-electron chi connectivity index (χ2n) is 7.07. The van der Waals surface area contributed by atoms with E-state index in [1.54, 1.807) is 0 Å². The third kappa shape index (κ3) is 2.62. The Balaban J connectivity index is 1.76. The molecule has 3 aromatic carbocycles. The fourth-order valence-electron chi connectivity index (χ4n) is 3.96. The van der Waals surface area contributed by atoms with Crippen LogP contribution in [-0.2, 0) is 0 Å². The average molecular weight is 415 g/mol. The molecule has 2 nitrogen and oxygen atoms in total. The molecular weight excluding hydrogens is 396 g/mol. The van der Waals surface area contributed by atoms with Gasteiger partial charge in [0, 0.05) is 39.0 Å². The van der Waals surface area contributed by atoms with Crippen LogP contribution in [0.5, 0.6) is 0 Å². The summed E-state index contributed by atoms with van der Waals surface area (Å²) in [6, 6.07) is 23.7. The van der Waals surface area contributed by atoms with E-state index in [0.29, 0.717) is 0 Å². The quantitative estimate of drug-likeness (QED) is 0.295. The van der Waals surface area contributed by atoms with Gasteiger partial charge in [-0.2, -0.15) is 0 Å². The summed E-state index contributed by atoms with van der Waals surface area (Å²) in [4.78, 5) is 0. The molecule has 3 heteroatoms. The zero-order chi connectivity index (χ0) is 18.5. The van der Waals surface area contributed by atoms with E-state index in [1.165, 1.54) is 32.9 Å². The Kier molecular flexibility index (Phi) is 3.73. The summed E-state index contributed by atoms with van der Waals surface area (Å²) < 4.78 is 5.62. The minimum absolute atomic E-state index is 1.07. The van der Waals surface area contributed by atoms with E-state index in [9.17, 15) is 0 Å². The van der Waals surface area contributed by atoms with Crippen molar-refractivity contribution in [3.8, 4) is 11.4 Å². The minimum Gasteiger partial charge on any atom is -0.316 e. The van der Waals surface area contributed by atoms with Crippen LogP contribution >= 0.6 is 15.9 Å². The lowest BCUT2D eigenvalue weighted by Crippen LogP contribution is -1.97. The van der Waals surface area contributed by atoms with Gasteiger partial charge in [-0.05, 0) is 55.3 Å². The number of halogens is 1. The number of aryl methyl sites for hydroxylation is 2. The molecule has 0 bridgehead atoms. The van der Waals surface area contributed by atoms with Gasteiger partial charge >= 0.3 is 0 Å². The lowest BCUT2D eigenvalue weighted by Gasteiger charge is -2.11. The van der Waals surface area contributed by atoms with Gasteiger partial charge in [-0.25, -0.2) is 0 Å². The summed E-state index contributed by atoms with van der Waals surface area (Å²) in [6.07, 6.45) is 4.43. The largest absolute Gasteiger partial charge is 0.316 e. The Bertz CT molecular complexity index is 1210. The summed E-state index contributed by atoms with van der Waals surface area (Å²) in [6.45, 7) is 4.33. The van der Waals surface area contributed by atoms with E-state index in [2.05, 4.69) is 118 Å². The lowest BCUT2D eigenvalue weighted by atomic mass is 10.2. The minimum atomic E-state index is 1.07. The molecule has 0 atom stereocenters. The summed E-state index contributed by atoms with van der Waals surface area (Å²) in [5.74, 6) is 0. The van der Waals surface area contributed by atoms with Gasteiger partial charge in [-0.15, -0.1) is 0 Å². The highest BCUT2D eigenvalue weighted by Gasteiger charge is 2.11. The van der Waals surface area contributed by atoms with E-state index in [4.69, 9.17) is 0 Å². The Morgan fingerprint density at radius 2 is 1.07 bits per heavy atom. The van der Waals surface area contributed by atoms with Gasteiger partial charge in [-0.3, -0.25) is 0 Å². The molecule has 2 aromatic heterocycles. The molecule has 0 spiro atoms.